The molecule has 0 saturated heterocycles. The molecule has 3 amide bonds. The lowest BCUT2D eigenvalue weighted by atomic mass is 10.1. The summed E-state index contributed by atoms with van der Waals surface area (Å²) in [6, 6.07) is 9.98. The number of nitrogens with zero attached hydrogens (tertiary/aromatic N) is 2. The maximum Gasteiger partial charge on any atom is 0.422 e. The largest absolute Gasteiger partial charge is 0.483 e. The first-order chi connectivity index (χ1) is 14.6. The molecule has 2 aromatic carbocycles. The molecule has 0 fully saturated rings. The molecule has 11 heteroatoms. The highest BCUT2D eigenvalue weighted by molar-refractivity contribution is 9.10. The van der Waals surface area contributed by atoms with Crippen LogP contribution in [0.1, 0.15) is 32.7 Å². The van der Waals surface area contributed by atoms with Crippen LogP contribution in [0.2, 0.25) is 0 Å². The van der Waals surface area contributed by atoms with Gasteiger partial charge in [-0.2, -0.15) is 18.4 Å². The van der Waals surface area contributed by atoms with Gasteiger partial charge in [0.1, 0.15) is 11.8 Å². The predicted octanol–water partition coefficient (Wildman–Crippen LogP) is 3.89. The SMILES string of the molecule is N#Cc1cc(NC(=O)CCN2C(=O)c3ccc(Br)cc3C2=O)ccc1OCC(F)(F)F. The third kappa shape index (κ3) is 5.21. The number of fused-ring (bicyclic) bond motifs is 1. The van der Waals surface area contributed by atoms with Crippen molar-refractivity contribution in [2.24, 2.45) is 0 Å². The number of hydrogen-bond acceptors (Lipinski definition) is 5. The summed E-state index contributed by atoms with van der Waals surface area (Å²) in [7, 11) is 0. The molecule has 0 radical (unpaired) electrons. The van der Waals surface area contributed by atoms with E-state index in [9.17, 15) is 27.6 Å². The first-order valence-electron chi connectivity index (χ1n) is 8.78. The van der Waals surface area contributed by atoms with Crippen LogP contribution in [0.4, 0.5) is 18.9 Å². The van der Waals surface area contributed by atoms with Crippen LogP contribution in [0.3, 0.4) is 0 Å². The van der Waals surface area contributed by atoms with Crippen LogP contribution in [-0.2, 0) is 4.79 Å². The van der Waals surface area contributed by atoms with Crippen molar-refractivity contribution in [3.8, 4) is 11.8 Å². The summed E-state index contributed by atoms with van der Waals surface area (Å²) in [5.74, 6) is -1.83. The molecule has 1 N–H and O–H groups in total. The van der Waals surface area contributed by atoms with E-state index in [1.54, 1.807) is 12.1 Å². The smallest absolute Gasteiger partial charge is 0.422 e. The molecule has 0 spiro atoms. The lowest BCUT2D eigenvalue weighted by molar-refractivity contribution is -0.153. The second kappa shape index (κ2) is 8.77. The number of carbonyl (C=O) groups excluding carboxylic acids is 3. The average molecular weight is 496 g/mol. The number of alkyl halides is 3. The standard InChI is InChI=1S/C20H13BrF3N3O4/c21-12-1-3-14-15(8-12)19(30)27(18(14)29)6-5-17(28)26-13-2-4-16(11(7-13)9-25)31-10-20(22,23)24/h1-4,7-8H,5-6,10H2,(H,26,28). The summed E-state index contributed by atoms with van der Waals surface area (Å²) in [5, 5.41) is 11.6. The molecule has 160 valence electrons. The Morgan fingerprint density at radius 1 is 1.13 bits per heavy atom. The van der Waals surface area contributed by atoms with Gasteiger partial charge in [-0.05, 0) is 36.4 Å². The monoisotopic (exact) mass is 495 g/mol. The number of carbonyl (C=O) groups is 3. The predicted molar refractivity (Wildman–Crippen MR) is 105 cm³/mol. The summed E-state index contributed by atoms with van der Waals surface area (Å²) >= 11 is 3.23. The molecule has 1 heterocycles. The second-order valence-corrected chi connectivity index (χ2v) is 7.39. The highest BCUT2D eigenvalue weighted by Crippen LogP contribution is 2.27. The van der Waals surface area contributed by atoms with Gasteiger partial charge in [0.25, 0.3) is 11.8 Å². The van der Waals surface area contributed by atoms with E-state index in [1.165, 1.54) is 24.3 Å². The fourth-order valence-electron chi connectivity index (χ4n) is 2.88. The molecule has 31 heavy (non-hydrogen) atoms. The molecule has 3 rings (SSSR count). The molecule has 7 nitrogen and oxygen atoms in total. The summed E-state index contributed by atoms with van der Waals surface area (Å²) in [5.41, 5.74) is 0.467. The van der Waals surface area contributed by atoms with Gasteiger partial charge in [0.15, 0.2) is 6.61 Å². The first kappa shape index (κ1) is 22.3. The summed E-state index contributed by atoms with van der Waals surface area (Å²) in [4.78, 5) is 38.0. The normalized spacial score (nSPS) is 13.1. The fraction of sp³-hybridized carbons (Fsp3) is 0.200. The summed E-state index contributed by atoms with van der Waals surface area (Å²) in [6.45, 7) is -1.71. The lowest BCUT2D eigenvalue weighted by Crippen LogP contribution is -2.32. The van der Waals surface area contributed by atoms with E-state index in [4.69, 9.17) is 5.26 Å². The first-order valence-corrected chi connectivity index (χ1v) is 9.57. The van der Waals surface area contributed by atoms with E-state index >= 15 is 0 Å². The van der Waals surface area contributed by atoms with Crippen LogP contribution < -0.4 is 10.1 Å². The molecule has 0 saturated carbocycles. The van der Waals surface area contributed by atoms with E-state index in [0.29, 0.717) is 4.47 Å². The lowest BCUT2D eigenvalue weighted by Gasteiger charge is -2.14. The van der Waals surface area contributed by atoms with E-state index in [2.05, 4.69) is 26.0 Å². The number of halogens is 4. The summed E-state index contributed by atoms with van der Waals surface area (Å²) < 4.78 is 42.1. The Labute approximate surface area is 182 Å². The van der Waals surface area contributed by atoms with E-state index < -0.39 is 30.5 Å². The third-order valence-corrected chi connectivity index (χ3v) is 4.76. The third-order valence-electron chi connectivity index (χ3n) is 4.27. The van der Waals surface area contributed by atoms with Crippen molar-refractivity contribution in [1.82, 2.24) is 4.90 Å². The maximum atomic E-state index is 12.4. The van der Waals surface area contributed by atoms with Crippen LogP contribution in [-0.4, -0.2) is 41.9 Å². The van der Waals surface area contributed by atoms with Crippen molar-refractivity contribution in [1.29, 1.82) is 5.26 Å². The van der Waals surface area contributed by atoms with Crippen molar-refractivity contribution in [2.45, 2.75) is 12.6 Å². The Morgan fingerprint density at radius 3 is 2.52 bits per heavy atom. The highest BCUT2D eigenvalue weighted by atomic mass is 79.9. The van der Waals surface area contributed by atoms with Gasteiger partial charge in [0.2, 0.25) is 5.91 Å². The number of amides is 3. The van der Waals surface area contributed by atoms with Crippen LogP contribution in [0, 0.1) is 11.3 Å². The van der Waals surface area contributed by atoms with Crippen molar-refractivity contribution in [3.63, 3.8) is 0 Å². The molecule has 0 bridgehead atoms. The topological polar surface area (TPSA) is 99.5 Å². The number of hydrogen-bond donors (Lipinski definition) is 1. The zero-order valence-corrected chi connectivity index (χ0v) is 17.2. The van der Waals surface area contributed by atoms with Crippen molar-refractivity contribution in [2.75, 3.05) is 18.5 Å². The second-order valence-electron chi connectivity index (χ2n) is 6.48. The zero-order chi connectivity index (χ0) is 22.8. The van der Waals surface area contributed by atoms with Gasteiger partial charge < -0.3 is 10.1 Å². The molecular formula is C20H13BrF3N3O4. The number of imide groups is 1. The number of rotatable bonds is 6. The minimum absolute atomic E-state index is 0.159. The van der Waals surface area contributed by atoms with Gasteiger partial charge >= 0.3 is 6.18 Å². The highest BCUT2D eigenvalue weighted by Gasteiger charge is 2.35. The van der Waals surface area contributed by atoms with E-state index in [1.807, 2.05) is 0 Å². The molecule has 0 aromatic heterocycles. The van der Waals surface area contributed by atoms with Gasteiger partial charge in [-0.3, -0.25) is 19.3 Å². The molecule has 0 aliphatic carbocycles. The number of benzene rings is 2. The molecule has 0 unspecified atom stereocenters. The quantitative estimate of drug-likeness (QED) is 0.612. The minimum atomic E-state index is -4.56. The number of ether oxygens (including phenoxy) is 1. The van der Waals surface area contributed by atoms with Gasteiger partial charge in [0.05, 0.1) is 16.7 Å². The molecule has 1 aliphatic heterocycles. The van der Waals surface area contributed by atoms with Crippen molar-refractivity contribution < 1.29 is 32.3 Å². The van der Waals surface area contributed by atoms with Crippen LogP contribution >= 0.6 is 15.9 Å². The fourth-order valence-corrected chi connectivity index (χ4v) is 3.24. The van der Waals surface area contributed by atoms with Gasteiger partial charge in [-0.1, -0.05) is 15.9 Å². The van der Waals surface area contributed by atoms with Crippen LogP contribution in [0.15, 0.2) is 40.9 Å². The number of nitriles is 1. The number of nitrogens with one attached hydrogen (secondary N) is 1. The van der Waals surface area contributed by atoms with Crippen molar-refractivity contribution >= 4 is 39.3 Å². The van der Waals surface area contributed by atoms with Gasteiger partial charge in [0, 0.05) is 23.1 Å². The van der Waals surface area contributed by atoms with Crippen LogP contribution in [0.25, 0.3) is 0 Å². The molecule has 1 aliphatic rings. The Kier molecular flexibility index (Phi) is 6.31. The zero-order valence-electron chi connectivity index (χ0n) is 15.6. The molecule has 0 atom stereocenters. The minimum Gasteiger partial charge on any atom is -0.483 e. The summed E-state index contributed by atoms with van der Waals surface area (Å²) in [6.07, 6.45) is -4.76. The maximum absolute atomic E-state index is 12.4. The Balaban J connectivity index is 1.61. The number of anilines is 1. The molecular weight excluding hydrogens is 483 g/mol. The van der Waals surface area contributed by atoms with E-state index in [-0.39, 0.29) is 41.1 Å². The average Bonchev–Trinajstić information content (AvgIpc) is 2.94. The molecule has 2 aromatic rings. The van der Waals surface area contributed by atoms with Gasteiger partial charge in [-0.15, -0.1) is 0 Å². The Morgan fingerprint density at radius 2 is 1.84 bits per heavy atom. The van der Waals surface area contributed by atoms with Crippen LogP contribution in [0.5, 0.6) is 5.75 Å². The van der Waals surface area contributed by atoms with Gasteiger partial charge in [-0.25, -0.2) is 0 Å². The van der Waals surface area contributed by atoms with Crippen molar-refractivity contribution in [3.05, 3.63) is 57.6 Å². The Hall–Kier alpha value is -3.39. The van der Waals surface area contributed by atoms with E-state index in [0.717, 1.165) is 11.0 Å². The Bertz CT molecular complexity index is 1110.